The highest BCUT2D eigenvalue weighted by Crippen LogP contribution is 2.24. The summed E-state index contributed by atoms with van der Waals surface area (Å²) in [5.41, 5.74) is 1.16. The number of rotatable bonds is 9. The minimum absolute atomic E-state index is 0.245. The molecule has 0 bridgehead atoms. The van der Waals surface area contributed by atoms with Crippen molar-refractivity contribution in [1.29, 1.82) is 0 Å². The summed E-state index contributed by atoms with van der Waals surface area (Å²) in [5.74, 6) is 1.83. The SMILES string of the molecule is CCNC(=NCC(C)C(=O)OC)NC1CCN(Cc2cc(OC)cc(OC)c2)C1. The highest BCUT2D eigenvalue weighted by atomic mass is 16.5. The Kier molecular flexibility index (Phi) is 9.05. The van der Waals surface area contributed by atoms with Crippen LogP contribution in [0.4, 0.5) is 0 Å². The van der Waals surface area contributed by atoms with E-state index >= 15 is 0 Å². The highest BCUT2D eigenvalue weighted by molar-refractivity contribution is 5.80. The molecule has 162 valence electrons. The Balaban J connectivity index is 1.92. The van der Waals surface area contributed by atoms with E-state index in [2.05, 4.69) is 20.5 Å². The van der Waals surface area contributed by atoms with Gasteiger partial charge in [0.25, 0.3) is 0 Å². The van der Waals surface area contributed by atoms with Gasteiger partial charge in [-0.2, -0.15) is 0 Å². The molecule has 8 nitrogen and oxygen atoms in total. The molecule has 2 atom stereocenters. The van der Waals surface area contributed by atoms with Gasteiger partial charge in [0.2, 0.25) is 0 Å². The summed E-state index contributed by atoms with van der Waals surface area (Å²) in [5, 5.41) is 6.74. The molecule has 1 aromatic carbocycles. The van der Waals surface area contributed by atoms with E-state index in [1.165, 1.54) is 7.11 Å². The molecule has 1 saturated heterocycles. The number of hydrogen-bond donors (Lipinski definition) is 2. The molecule has 1 aliphatic heterocycles. The average Bonchev–Trinajstić information content (AvgIpc) is 3.17. The minimum atomic E-state index is -0.265. The number of guanidine groups is 1. The Morgan fingerprint density at radius 2 is 1.93 bits per heavy atom. The van der Waals surface area contributed by atoms with Crippen molar-refractivity contribution in [3.05, 3.63) is 23.8 Å². The lowest BCUT2D eigenvalue weighted by molar-refractivity contribution is -0.144. The summed E-state index contributed by atoms with van der Waals surface area (Å²) < 4.78 is 15.5. The topological polar surface area (TPSA) is 84.4 Å². The van der Waals surface area contributed by atoms with E-state index in [1.54, 1.807) is 14.2 Å². The van der Waals surface area contributed by atoms with Gasteiger partial charge < -0.3 is 24.8 Å². The third-order valence-electron chi connectivity index (χ3n) is 4.90. The number of carbonyl (C=O) groups excluding carboxylic acids is 1. The number of carbonyl (C=O) groups is 1. The number of aliphatic imine (C=N–C) groups is 1. The van der Waals surface area contributed by atoms with Crippen LogP contribution in [0.1, 0.15) is 25.8 Å². The van der Waals surface area contributed by atoms with Gasteiger partial charge in [-0.15, -0.1) is 0 Å². The summed E-state index contributed by atoms with van der Waals surface area (Å²) in [6, 6.07) is 6.27. The molecule has 1 aromatic rings. The van der Waals surface area contributed by atoms with E-state index in [0.717, 1.165) is 55.6 Å². The van der Waals surface area contributed by atoms with Crippen molar-refractivity contribution in [1.82, 2.24) is 15.5 Å². The smallest absolute Gasteiger partial charge is 0.310 e. The first kappa shape index (κ1) is 22.8. The third-order valence-corrected chi connectivity index (χ3v) is 4.90. The fraction of sp³-hybridized carbons (Fsp3) is 0.619. The molecule has 2 N–H and O–H groups in total. The van der Waals surface area contributed by atoms with Crippen molar-refractivity contribution in [3.8, 4) is 11.5 Å². The Morgan fingerprint density at radius 1 is 1.24 bits per heavy atom. The molecular formula is C21H34N4O4. The van der Waals surface area contributed by atoms with Gasteiger partial charge in [-0.05, 0) is 31.0 Å². The molecule has 1 fully saturated rings. The summed E-state index contributed by atoms with van der Waals surface area (Å²) in [4.78, 5) is 18.5. The van der Waals surface area contributed by atoms with Gasteiger partial charge in [0.1, 0.15) is 11.5 Å². The molecule has 0 spiro atoms. The number of methoxy groups -OCH3 is 3. The quantitative estimate of drug-likeness (QED) is 0.366. The van der Waals surface area contributed by atoms with E-state index in [0.29, 0.717) is 12.6 Å². The summed E-state index contributed by atoms with van der Waals surface area (Å²) in [7, 11) is 4.73. The number of likely N-dealkylation sites (tertiary alicyclic amines) is 1. The largest absolute Gasteiger partial charge is 0.497 e. The maximum Gasteiger partial charge on any atom is 0.310 e. The van der Waals surface area contributed by atoms with Crippen LogP contribution in [0.15, 0.2) is 23.2 Å². The van der Waals surface area contributed by atoms with Crippen LogP contribution in [0.25, 0.3) is 0 Å². The lowest BCUT2D eigenvalue weighted by atomic mass is 10.2. The van der Waals surface area contributed by atoms with Gasteiger partial charge in [-0.25, -0.2) is 0 Å². The predicted octanol–water partition coefficient (Wildman–Crippen LogP) is 1.64. The molecule has 0 aromatic heterocycles. The standard InChI is InChI=1S/C21H34N4O4/c1-6-22-21(23-12-15(2)20(26)29-5)24-17-7-8-25(14-17)13-16-9-18(27-3)11-19(10-16)28-4/h9-11,15,17H,6-8,12-14H2,1-5H3,(H2,22,23,24). The predicted molar refractivity (Wildman–Crippen MR) is 114 cm³/mol. The van der Waals surface area contributed by atoms with Crippen LogP contribution in [-0.4, -0.2) is 70.4 Å². The van der Waals surface area contributed by atoms with Crippen molar-refractivity contribution in [3.63, 3.8) is 0 Å². The minimum Gasteiger partial charge on any atom is -0.497 e. The number of esters is 1. The Labute approximate surface area is 173 Å². The second kappa shape index (κ2) is 11.5. The molecule has 2 rings (SSSR count). The average molecular weight is 407 g/mol. The molecule has 2 unspecified atom stereocenters. The number of nitrogens with one attached hydrogen (secondary N) is 2. The number of ether oxygens (including phenoxy) is 3. The molecule has 0 aliphatic carbocycles. The fourth-order valence-electron chi connectivity index (χ4n) is 3.33. The van der Waals surface area contributed by atoms with E-state index in [-0.39, 0.29) is 11.9 Å². The van der Waals surface area contributed by atoms with Crippen LogP contribution in [-0.2, 0) is 16.1 Å². The van der Waals surface area contributed by atoms with Crippen molar-refractivity contribution in [2.24, 2.45) is 10.9 Å². The van der Waals surface area contributed by atoms with Gasteiger partial charge >= 0.3 is 5.97 Å². The van der Waals surface area contributed by atoms with Gasteiger partial charge in [0, 0.05) is 38.3 Å². The van der Waals surface area contributed by atoms with Crippen LogP contribution >= 0.6 is 0 Å². The molecule has 0 amide bonds. The van der Waals surface area contributed by atoms with E-state index < -0.39 is 0 Å². The number of benzene rings is 1. The van der Waals surface area contributed by atoms with E-state index in [4.69, 9.17) is 14.2 Å². The first-order chi connectivity index (χ1) is 14.0. The molecule has 29 heavy (non-hydrogen) atoms. The maximum absolute atomic E-state index is 11.6. The summed E-state index contributed by atoms with van der Waals surface area (Å²) in [6.45, 7) is 7.74. The van der Waals surface area contributed by atoms with Crippen molar-refractivity contribution >= 4 is 11.9 Å². The second-order valence-electron chi connectivity index (χ2n) is 7.23. The molecule has 1 aliphatic rings. The number of nitrogens with zero attached hydrogens (tertiary/aromatic N) is 2. The first-order valence-electron chi connectivity index (χ1n) is 10.1. The molecule has 0 radical (unpaired) electrons. The zero-order valence-electron chi connectivity index (χ0n) is 18.2. The van der Waals surface area contributed by atoms with Crippen LogP contribution in [0.5, 0.6) is 11.5 Å². The number of hydrogen-bond acceptors (Lipinski definition) is 6. The zero-order chi connectivity index (χ0) is 21.2. The van der Waals surface area contributed by atoms with Crippen LogP contribution in [0.2, 0.25) is 0 Å². The van der Waals surface area contributed by atoms with Crippen molar-refractivity contribution < 1.29 is 19.0 Å². The van der Waals surface area contributed by atoms with Gasteiger partial charge in [0.05, 0.1) is 33.8 Å². The monoisotopic (exact) mass is 406 g/mol. The molecule has 0 saturated carbocycles. The van der Waals surface area contributed by atoms with Crippen LogP contribution < -0.4 is 20.1 Å². The Hall–Kier alpha value is -2.48. The van der Waals surface area contributed by atoms with Gasteiger partial charge in [0.15, 0.2) is 5.96 Å². The molecular weight excluding hydrogens is 372 g/mol. The maximum atomic E-state index is 11.6. The normalized spacial score (nSPS) is 18.2. The first-order valence-corrected chi connectivity index (χ1v) is 10.1. The summed E-state index contributed by atoms with van der Waals surface area (Å²) in [6.07, 6.45) is 1.03. The second-order valence-corrected chi connectivity index (χ2v) is 7.23. The van der Waals surface area contributed by atoms with Gasteiger partial charge in [-0.3, -0.25) is 14.7 Å². The molecule has 1 heterocycles. The lowest BCUT2D eigenvalue weighted by Gasteiger charge is -2.19. The zero-order valence-corrected chi connectivity index (χ0v) is 18.2. The van der Waals surface area contributed by atoms with E-state index in [1.807, 2.05) is 32.0 Å². The van der Waals surface area contributed by atoms with Gasteiger partial charge in [-0.1, -0.05) is 6.92 Å². The van der Waals surface area contributed by atoms with Crippen LogP contribution in [0.3, 0.4) is 0 Å². The van der Waals surface area contributed by atoms with Crippen LogP contribution in [0, 0.1) is 5.92 Å². The van der Waals surface area contributed by atoms with Crippen molar-refractivity contribution in [2.75, 3.05) is 47.5 Å². The molecule has 8 heteroatoms. The third kappa shape index (κ3) is 7.12. The highest BCUT2D eigenvalue weighted by Gasteiger charge is 2.24. The van der Waals surface area contributed by atoms with E-state index in [9.17, 15) is 4.79 Å². The Bertz CT molecular complexity index is 673. The fourth-order valence-corrected chi connectivity index (χ4v) is 3.33. The summed E-state index contributed by atoms with van der Waals surface area (Å²) >= 11 is 0. The van der Waals surface area contributed by atoms with Crippen molar-refractivity contribution in [2.45, 2.75) is 32.9 Å². The Morgan fingerprint density at radius 3 is 2.52 bits per heavy atom. The lowest BCUT2D eigenvalue weighted by Crippen LogP contribution is -2.44.